The Hall–Kier alpha value is -3.46. The van der Waals surface area contributed by atoms with Crippen LogP contribution in [-0.4, -0.2) is 71.2 Å². The quantitative estimate of drug-likeness (QED) is 0.529. The number of fused-ring (bicyclic) bond motifs is 2. The number of halogens is 1. The number of carbonyl (C=O) groups excluding carboxylic acids is 3. The zero-order valence-electron chi connectivity index (χ0n) is 23.1. The molecule has 0 aliphatic carbocycles. The lowest BCUT2D eigenvalue weighted by Crippen LogP contribution is -2.58. The van der Waals surface area contributed by atoms with Gasteiger partial charge in [-0.2, -0.15) is 0 Å². The van der Waals surface area contributed by atoms with Crippen molar-refractivity contribution in [3.63, 3.8) is 0 Å². The van der Waals surface area contributed by atoms with Gasteiger partial charge in [-0.05, 0) is 48.7 Å². The third kappa shape index (κ3) is 4.49. The number of likely N-dealkylation sites (tertiary alicyclic amines) is 1. The number of aliphatic hydroxyl groups is 1. The minimum absolute atomic E-state index is 0.157. The molecule has 8 nitrogen and oxygen atoms in total. The molecular formula is C32H34ClN3O5. The third-order valence-corrected chi connectivity index (χ3v) is 8.90. The fourth-order valence-electron chi connectivity index (χ4n) is 6.98. The average molecular weight is 576 g/mol. The van der Waals surface area contributed by atoms with Crippen LogP contribution in [0.15, 0.2) is 78.9 Å². The van der Waals surface area contributed by atoms with Gasteiger partial charge in [0.05, 0.1) is 30.6 Å². The Morgan fingerprint density at radius 2 is 1.59 bits per heavy atom. The summed E-state index contributed by atoms with van der Waals surface area (Å²) in [6, 6.07) is 14.7. The van der Waals surface area contributed by atoms with Gasteiger partial charge in [-0.1, -0.05) is 68.0 Å². The van der Waals surface area contributed by atoms with Crippen molar-refractivity contribution in [3.8, 4) is 0 Å². The summed E-state index contributed by atoms with van der Waals surface area (Å²) in [5, 5.41) is 11.1. The maximum absolute atomic E-state index is 14.5. The minimum Gasteiger partial charge on any atom is -0.394 e. The van der Waals surface area contributed by atoms with E-state index in [0.717, 1.165) is 5.69 Å². The number of hydrogen-bond donors (Lipinski definition) is 1. The Morgan fingerprint density at radius 1 is 0.927 bits per heavy atom. The van der Waals surface area contributed by atoms with Crippen LogP contribution >= 0.6 is 11.6 Å². The topological polar surface area (TPSA) is 90.4 Å². The Bertz CT molecular complexity index is 1390. The normalized spacial score (nSPS) is 29.9. The summed E-state index contributed by atoms with van der Waals surface area (Å²) in [6.45, 7) is 4.34. The van der Waals surface area contributed by atoms with Crippen molar-refractivity contribution in [3.05, 3.63) is 83.9 Å². The van der Waals surface area contributed by atoms with Gasteiger partial charge in [-0.15, -0.1) is 0 Å². The maximum atomic E-state index is 14.5. The highest BCUT2D eigenvalue weighted by molar-refractivity contribution is 6.30. The van der Waals surface area contributed by atoms with Crippen LogP contribution in [0.3, 0.4) is 0 Å². The first-order chi connectivity index (χ1) is 19.8. The molecule has 0 radical (unpaired) electrons. The van der Waals surface area contributed by atoms with Crippen molar-refractivity contribution >= 4 is 40.7 Å². The van der Waals surface area contributed by atoms with E-state index in [1.165, 1.54) is 4.90 Å². The highest BCUT2D eigenvalue weighted by atomic mass is 35.5. The van der Waals surface area contributed by atoms with Gasteiger partial charge >= 0.3 is 0 Å². The second-order valence-corrected chi connectivity index (χ2v) is 12.0. The fourth-order valence-corrected chi connectivity index (χ4v) is 7.11. The van der Waals surface area contributed by atoms with Gasteiger partial charge in [-0.3, -0.25) is 14.4 Å². The molecule has 9 heteroatoms. The molecule has 4 aliphatic rings. The molecule has 2 aromatic carbocycles. The van der Waals surface area contributed by atoms with Crippen LogP contribution in [0, 0.1) is 17.8 Å². The zero-order valence-corrected chi connectivity index (χ0v) is 23.9. The van der Waals surface area contributed by atoms with Crippen molar-refractivity contribution < 1.29 is 24.2 Å². The van der Waals surface area contributed by atoms with Crippen molar-refractivity contribution in [2.45, 2.75) is 44.1 Å². The number of anilines is 2. The predicted octanol–water partition coefficient (Wildman–Crippen LogP) is 3.83. The van der Waals surface area contributed by atoms with Gasteiger partial charge in [0.2, 0.25) is 11.8 Å². The average Bonchev–Trinajstić information content (AvgIpc) is 3.28. The Labute approximate surface area is 244 Å². The van der Waals surface area contributed by atoms with Crippen LogP contribution in [0.2, 0.25) is 5.02 Å². The van der Waals surface area contributed by atoms with Crippen molar-refractivity contribution in [1.82, 2.24) is 4.90 Å². The van der Waals surface area contributed by atoms with Gasteiger partial charge in [0, 0.05) is 29.5 Å². The van der Waals surface area contributed by atoms with Gasteiger partial charge in [-0.25, -0.2) is 0 Å². The molecule has 1 spiro atoms. The lowest BCUT2D eigenvalue weighted by molar-refractivity contribution is -0.144. The number of amides is 3. The first-order valence-corrected chi connectivity index (χ1v) is 14.5. The van der Waals surface area contributed by atoms with E-state index < -0.39 is 35.6 Å². The number of aliphatic hydroxyl groups excluding tert-OH is 1. The summed E-state index contributed by atoms with van der Waals surface area (Å²) in [4.78, 5) is 48.2. The summed E-state index contributed by atoms with van der Waals surface area (Å²) in [5.74, 6) is -2.47. The van der Waals surface area contributed by atoms with Gasteiger partial charge in [0.1, 0.15) is 11.6 Å². The number of carbonyl (C=O) groups is 3. The van der Waals surface area contributed by atoms with E-state index in [1.807, 2.05) is 68.5 Å². The second kappa shape index (κ2) is 10.7. The molecule has 4 aliphatic heterocycles. The van der Waals surface area contributed by atoms with E-state index in [1.54, 1.807) is 34.1 Å². The molecule has 6 rings (SSSR count). The monoisotopic (exact) mass is 575 g/mol. The molecule has 4 heterocycles. The van der Waals surface area contributed by atoms with Gasteiger partial charge < -0.3 is 24.5 Å². The summed E-state index contributed by atoms with van der Waals surface area (Å²) >= 11 is 6.12. The number of benzene rings is 2. The van der Waals surface area contributed by atoms with Crippen molar-refractivity contribution in [2.24, 2.45) is 17.8 Å². The maximum Gasteiger partial charge on any atom is 0.253 e. The Balaban J connectivity index is 1.47. The molecule has 41 heavy (non-hydrogen) atoms. The molecule has 3 amide bonds. The summed E-state index contributed by atoms with van der Waals surface area (Å²) in [6.07, 6.45) is 7.23. The molecule has 6 atom stereocenters. The highest BCUT2D eigenvalue weighted by Gasteiger charge is 2.72. The van der Waals surface area contributed by atoms with E-state index in [4.69, 9.17) is 16.3 Å². The second-order valence-electron chi connectivity index (χ2n) is 11.6. The fraction of sp³-hybridized carbons (Fsp3) is 0.406. The SMILES string of the molecule is CC(C)C[C@H](CO)N1C(=O)[C@@H]2[C@H]3C(=O)N(c4ccccc4)CC=C[C@H]3O[C@@]23C=CCN(c2ccc(Cl)cc2)C(=O)C13. The summed E-state index contributed by atoms with van der Waals surface area (Å²) in [5.41, 5.74) is 0.00578. The number of para-hydroxylation sites is 1. The predicted molar refractivity (Wildman–Crippen MR) is 156 cm³/mol. The van der Waals surface area contributed by atoms with Crippen LogP contribution in [-0.2, 0) is 19.1 Å². The van der Waals surface area contributed by atoms with E-state index in [9.17, 15) is 19.5 Å². The molecule has 1 N–H and O–H groups in total. The minimum atomic E-state index is -1.37. The number of rotatable bonds is 6. The molecule has 0 bridgehead atoms. The van der Waals surface area contributed by atoms with E-state index in [0.29, 0.717) is 23.7 Å². The first-order valence-electron chi connectivity index (χ1n) is 14.2. The lowest BCUT2D eigenvalue weighted by atomic mass is 9.77. The Kier molecular flexibility index (Phi) is 7.26. The van der Waals surface area contributed by atoms with E-state index in [2.05, 4.69) is 0 Å². The van der Waals surface area contributed by atoms with Gasteiger partial charge in [0.15, 0.2) is 0 Å². The third-order valence-electron chi connectivity index (χ3n) is 8.65. The lowest BCUT2D eigenvalue weighted by Gasteiger charge is -2.39. The van der Waals surface area contributed by atoms with Crippen molar-refractivity contribution in [1.29, 1.82) is 0 Å². The number of hydrogen-bond acceptors (Lipinski definition) is 5. The molecule has 214 valence electrons. The molecule has 1 unspecified atom stereocenters. The highest BCUT2D eigenvalue weighted by Crippen LogP contribution is 2.54. The smallest absolute Gasteiger partial charge is 0.253 e. The zero-order chi connectivity index (χ0) is 28.9. The molecule has 2 aromatic rings. The molecule has 2 fully saturated rings. The molecule has 2 saturated heterocycles. The van der Waals surface area contributed by atoms with Crippen LogP contribution in [0.5, 0.6) is 0 Å². The van der Waals surface area contributed by atoms with Crippen LogP contribution in [0.25, 0.3) is 0 Å². The number of nitrogens with zero attached hydrogens (tertiary/aromatic N) is 3. The van der Waals surface area contributed by atoms with E-state index in [-0.39, 0.29) is 36.8 Å². The van der Waals surface area contributed by atoms with Crippen LogP contribution in [0.4, 0.5) is 11.4 Å². The van der Waals surface area contributed by atoms with Crippen molar-refractivity contribution in [2.75, 3.05) is 29.5 Å². The van der Waals surface area contributed by atoms with E-state index >= 15 is 0 Å². The van der Waals surface area contributed by atoms with Crippen LogP contribution < -0.4 is 9.80 Å². The molecule has 0 aromatic heterocycles. The van der Waals surface area contributed by atoms with Crippen LogP contribution in [0.1, 0.15) is 20.3 Å². The number of ether oxygens (including phenoxy) is 1. The molecular weight excluding hydrogens is 542 g/mol. The standard InChI is InChI=1S/C32H34ClN3O5/c1-20(2)18-24(19-37)36-28-31(40)35(23-13-11-21(33)12-14-23)17-7-15-32(28)27(30(36)39)26-25(41-32)10-6-16-34(29(26)38)22-8-4-3-5-9-22/h3-15,20,24-28,37H,16-19H2,1-2H3/t24-,25-,26+,27+,28?,32+/m1/s1. The van der Waals surface area contributed by atoms with Gasteiger partial charge in [0.25, 0.3) is 5.91 Å². The summed E-state index contributed by atoms with van der Waals surface area (Å²) in [7, 11) is 0. The largest absolute Gasteiger partial charge is 0.394 e. The summed E-state index contributed by atoms with van der Waals surface area (Å²) < 4.78 is 6.74. The Morgan fingerprint density at radius 3 is 2.27 bits per heavy atom. The molecule has 0 saturated carbocycles. The first kappa shape index (κ1) is 27.7.